The molecule has 1 amide bonds. The second-order valence-electron chi connectivity index (χ2n) is 6.54. The van der Waals surface area contributed by atoms with E-state index in [1.54, 1.807) is 12.1 Å². The van der Waals surface area contributed by atoms with Gasteiger partial charge in [-0.15, -0.1) is 0 Å². The minimum absolute atomic E-state index is 0.0514. The van der Waals surface area contributed by atoms with Gasteiger partial charge in [-0.3, -0.25) is 4.79 Å². The third-order valence-corrected chi connectivity index (χ3v) is 3.14. The number of hydrogen-bond donors (Lipinski definition) is 1. The van der Waals surface area contributed by atoms with E-state index in [-0.39, 0.29) is 11.3 Å². The minimum Gasteiger partial charge on any atom is -0.489 e. The maximum atomic E-state index is 12.0. The first-order valence-electron chi connectivity index (χ1n) is 7.49. The quantitative estimate of drug-likeness (QED) is 0.904. The molecule has 0 atom stereocenters. The van der Waals surface area contributed by atoms with Crippen LogP contribution in [0, 0.1) is 5.41 Å². The molecule has 0 saturated heterocycles. The molecule has 0 aliphatic carbocycles. The molecule has 0 radical (unpaired) electrons. The Morgan fingerprint density at radius 2 is 1.64 bits per heavy atom. The number of carbonyl (C=O) groups excluding carboxylic acids is 1. The molecule has 0 spiro atoms. The van der Waals surface area contributed by atoms with E-state index in [1.807, 2.05) is 42.5 Å². The summed E-state index contributed by atoms with van der Waals surface area (Å²) in [7, 11) is 0. The van der Waals surface area contributed by atoms with Gasteiger partial charge in [0, 0.05) is 12.1 Å². The van der Waals surface area contributed by atoms with Crippen LogP contribution >= 0.6 is 0 Å². The van der Waals surface area contributed by atoms with Crippen molar-refractivity contribution in [3.05, 3.63) is 65.7 Å². The van der Waals surface area contributed by atoms with E-state index < -0.39 is 0 Å². The lowest BCUT2D eigenvalue weighted by molar-refractivity contribution is 0.0939. The molecular weight excluding hydrogens is 274 g/mol. The van der Waals surface area contributed by atoms with Gasteiger partial charge in [0.15, 0.2) is 0 Å². The zero-order valence-corrected chi connectivity index (χ0v) is 13.4. The van der Waals surface area contributed by atoms with Gasteiger partial charge in [0.25, 0.3) is 5.91 Å². The van der Waals surface area contributed by atoms with Gasteiger partial charge in [-0.25, -0.2) is 0 Å². The molecule has 0 saturated carbocycles. The van der Waals surface area contributed by atoms with E-state index in [0.29, 0.717) is 18.7 Å². The molecule has 0 aliphatic rings. The van der Waals surface area contributed by atoms with Gasteiger partial charge in [0.2, 0.25) is 0 Å². The van der Waals surface area contributed by atoms with Crippen LogP contribution in [0.4, 0.5) is 0 Å². The summed E-state index contributed by atoms with van der Waals surface area (Å²) in [5.74, 6) is 0.709. The van der Waals surface area contributed by atoms with E-state index in [1.165, 1.54) is 0 Å². The molecule has 22 heavy (non-hydrogen) atoms. The summed E-state index contributed by atoms with van der Waals surface area (Å²) < 4.78 is 5.71. The number of benzene rings is 2. The number of ether oxygens (including phenoxy) is 1. The summed E-state index contributed by atoms with van der Waals surface area (Å²) in [6.45, 7) is 7.45. The second kappa shape index (κ2) is 7.12. The van der Waals surface area contributed by atoms with E-state index in [9.17, 15) is 4.79 Å². The van der Waals surface area contributed by atoms with Crippen molar-refractivity contribution >= 4 is 5.91 Å². The maximum absolute atomic E-state index is 12.0. The van der Waals surface area contributed by atoms with E-state index in [0.717, 1.165) is 11.3 Å². The molecule has 0 bridgehead atoms. The van der Waals surface area contributed by atoms with Crippen LogP contribution in [-0.2, 0) is 6.61 Å². The Kier molecular flexibility index (Phi) is 5.21. The fraction of sp³-hybridized carbons (Fsp3) is 0.316. The third-order valence-electron chi connectivity index (χ3n) is 3.14. The standard InChI is InChI=1S/C19H23NO2/c1-19(2,3)14-20-18(21)16-9-11-17(12-10-16)22-13-15-7-5-4-6-8-15/h4-12H,13-14H2,1-3H3,(H,20,21). The topological polar surface area (TPSA) is 38.3 Å². The summed E-state index contributed by atoms with van der Waals surface area (Å²) in [5.41, 5.74) is 1.85. The molecule has 3 heteroatoms. The molecule has 0 unspecified atom stereocenters. The van der Waals surface area contributed by atoms with E-state index in [4.69, 9.17) is 4.74 Å². The first kappa shape index (κ1) is 16.1. The SMILES string of the molecule is CC(C)(C)CNC(=O)c1ccc(OCc2ccccc2)cc1. The Bertz CT molecular complexity index is 598. The molecule has 0 aliphatic heterocycles. The number of amides is 1. The second-order valence-corrected chi connectivity index (χ2v) is 6.54. The average molecular weight is 297 g/mol. The van der Waals surface area contributed by atoms with Gasteiger partial charge in [0.1, 0.15) is 12.4 Å². The van der Waals surface area contributed by atoms with E-state index in [2.05, 4.69) is 26.1 Å². The summed E-state index contributed by atoms with van der Waals surface area (Å²) in [6.07, 6.45) is 0. The summed E-state index contributed by atoms with van der Waals surface area (Å²) in [4.78, 5) is 12.0. The Labute approximate surface area is 132 Å². The fourth-order valence-electron chi connectivity index (χ4n) is 1.89. The van der Waals surface area contributed by atoms with Crippen molar-refractivity contribution in [3.8, 4) is 5.75 Å². The van der Waals surface area contributed by atoms with Gasteiger partial charge in [-0.2, -0.15) is 0 Å². The minimum atomic E-state index is -0.0514. The van der Waals surface area contributed by atoms with Gasteiger partial charge in [-0.05, 0) is 35.2 Å². The van der Waals surface area contributed by atoms with Crippen LogP contribution in [0.25, 0.3) is 0 Å². The lowest BCUT2D eigenvalue weighted by Crippen LogP contribution is -2.32. The summed E-state index contributed by atoms with van der Waals surface area (Å²) in [6, 6.07) is 17.2. The van der Waals surface area contributed by atoms with Gasteiger partial charge < -0.3 is 10.1 Å². The van der Waals surface area contributed by atoms with Crippen molar-refractivity contribution in [1.82, 2.24) is 5.32 Å². The highest BCUT2D eigenvalue weighted by atomic mass is 16.5. The Hall–Kier alpha value is -2.29. The molecule has 3 nitrogen and oxygen atoms in total. The average Bonchev–Trinajstić information content (AvgIpc) is 2.51. The summed E-state index contributed by atoms with van der Waals surface area (Å²) in [5, 5.41) is 2.94. The van der Waals surface area contributed by atoms with E-state index >= 15 is 0 Å². The molecule has 2 aromatic rings. The van der Waals surface area contributed by atoms with Crippen LogP contribution in [-0.4, -0.2) is 12.5 Å². The van der Waals surface area contributed by atoms with Gasteiger partial charge in [-0.1, -0.05) is 51.1 Å². The van der Waals surface area contributed by atoms with Crippen LogP contribution in [0.1, 0.15) is 36.7 Å². The van der Waals surface area contributed by atoms with Crippen molar-refractivity contribution < 1.29 is 9.53 Å². The molecule has 2 aromatic carbocycles. The predicted octanol–water partition coefficient (Wildman–Crippen LogP) is 4.04. The Morgan fingerprint density at radius 1 is 1.00 bits per heavy atom. The Morgan fingerprint density at radius 3 is 2.23 bits per heavy atom. The van der Waals surface area contributed by atoms with Crippen LogP contribution < -0.4 is 10.1 Å². The molecule has 0 fully saturated rings. The Balaban J connectivity index is 1.88. The fourth-order valence-corrected chi connectivity index (χ4v) is 1.89. The molecule has 0 aromatic heterocycles. The first-order chi connectivity index (χ1) is 10.4. The number of nitrogens with one attached hydrogen (secondary N) is 1. The van der Waals surface area contributed by atoms with Crippen molar-refractivity contribution in [3.63, 3.8) is 0 Å². The van der Waals surface area contributed by atoms with Crippen LogP contribution in [0.5, 0.6) is 5.75 Å². The molecular formula is C19H23NO2. The first-order valence-corrected chi connectivity index (χ1v) is 7.49. The van der Waals surface area contributed by atoms with Crippen LogP contribution in [0.2, 0.25) is 0 Å². The van der Waals surface area contributed by atoms with Crippen LogP contribution in [0.15, 0.2) is 54.6 Å². The van der Waals surface area contributed by atoms with Crippen LogP contribution in [0.3, 0.4) is 0 Å². The van der Waals surface area contributed by atoms with Crippen molar-refractivity contribution in [1.29, 1.82) is 0 Å². The smallest absolute Gasteiger partial charge is 0.251 e. The molecule has 116 valence electrons. The van der Waals surface area contributed by atoms with Gasteiger partial charge in [0.05, 0.1) is 0 Å². The predicted molar refractivity (Wildman–Crippen MR) is 89.0 cm³/mol. The van der Waals surface area contributed by atoms with Gasteiger partial charge >= 0.3 is 0 Å². The normalized spacial score (nSPS) is 11.0. The highest BCUT2D eigenvalue weighted by molar-refractivity contribution is 5.94. The molecule has 0 heterocycles. The number of rotatable bonds is 5. The third kappa shape index (κ3) is 5.24. The highest BCUT2D eigenvalue weighted by Gasteiger charge is 2.13. The largest absolute Gasteiger partial charge is 0.489 e. The maximum Gasteiger partial charge on any atom is 0.251 e. The zero-order chi connectivity index (χ0) is 16.0. The summed E-state index contributed by atoms with van der Waals surface area (Å²) >= 11 is 0. The molecule has 2 rings (SSSR count). The lowest BCUT2D eigenvalue weighted by atomic mass is 9.97. The van der Waals surface area contributed by atoms with Crippen molar-refractivity contribution in [2.45, 2.75) is 27.4 Å². The van der Waals surface area contributed by atoms with Crippen molar-refractivity contribution in [2.24, 2.45) is 5.41 Å². The molecule has 1 N–H and O–H groups in total. The monoisotopic (exact) mass is 297 g/mol. The number of hydrogen-bond acceptors (Lipinski definition) is 2. The number of carbonyl (C=O) groups is 1. The highest BCUT2D eigenvalue weighted by Crippen LogP contribution is 2.15. The van der Waals surface area contributed by atoms with Crippen molar-refractivity contribution in [2.75, 3.05) is 6.54 Å². The lowest BCUT2D eigenvalue weighted by Gasteiger charge is -2.18. The zero-order valence-electron chi connectivity index (χ0n) is 13.4.